The monoisotopic (exact) mass is 255 g/mol. The molecule has 2 rings (SSSR count). The molecule has 2 bridgehead atoms. The molecule has 0 spiro atoms. The van der Waals surface area contributed by atoms with E-state index in [1.54, 1.807) is 0 Å². The molecule has 4 N–H and O–H groups in total. The van der Waals surface area contributed by atoms with Crippen LogP contribution in [0.1, 0.15) is 45.4 Å². The topological polar surface area (TPSA) is 61.5 Å². The highest BCUT2D eigenvalue weighted by atomic mass is 16.2. The highest BCUT2D eigenvalue weighted by Crippen LogP contribution is 2.39. The number of hydrogen-bond acceptors (Lipinski definition) is 4. The van der Waals surface area contributed by atoms with Crippen molar-refractivity contribution in [1.82, 2.24) is 10.2 Å². The molecule has 0 aromatic rings. The molecule has 4 nitrogen and oxygen atoms in total. The molecule has 3 unspecified atom stereocenters. The van der Waals surface area contributed by atoms with Gasteiger partial charge < -0.3 is 21.1 Å². The number of fused-ring (bicyclic) bond motifs is 2. The van der Waals surface area contributed by atoms with Crippen LogP contribution < -0.4 is 11.1 Å². The zero-order chi connectivity index (χ0) is 13.2. The van der Waals surface area contributed by atoms with E-state index in [1.165, 1.54) is 25.7 Å². The number of aliphatic hydroxyl groups excluding tert-OH is 1. The van der Waals surface area contributed by atoms with Gasteiger partial charge in [0, 0.05) is 36.8 Å². The zero-order valence-corrected chi connectivity index (χ0v) is 11.9. The van der Waals surface area contributed by atoms with E-state index < -0.39 is 0 Å². The Bertz CT molecular complexity index is 258. The van der Waals surface area contributed by atoms with Crippen molar-refractivity contribution in [2.75, 3.05) is 20.2 Å². The van der Waals surface area contributed by atoms with E-state index in [2.05, 4.69) is 24.2 Å². The summed E-state index contributed by atoms with van der Waals surface area (Å²) in [6.07, 6.45) is 6.93. The van der Waals surface area contributed by atoms with Gasteiger partial charge in [0.2, 0.25) is 0 Å². The zero-order valence-electron chi connectivity index (χ0n) is 11.9. The van der Waals surface area contributed by atoms with Crippen molar-refractivity contribution >= 4 is 0 Å². The third kappa shape index (κ3) is 2.87. The lowest BCUT2D eigenvalue weighted by atomic mass is 9.82. The molecule has 0 aliphatic carbocycles. The summed E-state index contributed by atoms with van der Waals surface area (Å²) in [6.45, 7) is 3.24. The van der Waals surface area contributed by atoms with Crippen LogP contribution in [0, 0.1) is 0 Å². The fraction of sp³-hybridized carbons (Fsp3) is 1.00. The first-order chi connectivity index (χ1) is 8.60. The van der Waals surface area contributed by atoms with Gasteiger partial charge in [0.15, 0.2) is 0 Å². The van der Waals surface area contributed by atoms with E-state index in [9.17, 15) is 0 Å². The molecular weight excluding hydrogens is 226 g/mol. The minimum Gasteiger partial charge on any atom is -0.396 e. The molecular formula is C14H29N3O. The van der Waals surface area contributed by atoms with Crippen LogP contribution in [0.15, 0.2) is 0 Å². The van der Waals surface area contributed by atoms with Gasteiger partial charge in [-0.2, -0.15) is 0 Å². The quantitative estimate of drug-likeness (QED) is 0.653. The van der Waals surface area contributed by atoms with Gasteiger partial charge in [0.05, 0.1) is 0 Å². The van der Waals surface area contributed by atoms with Crippen LogP contribution in [0.25, 0.3) is 0 Å². The van der Waals surface area contributed by atoms with Crippen LogP contribution in [0.5, 0.6) is 0 Å². The molecule has 0 aromatic heterocycles. The predicted molar refractivity (Wildman–Crippen MR) is 74.5 cm³/mol. The van der Waals surface area contributed by atoms with Crippen LogP contribution in [0.4, 0.5) is 0 Å². The van der Waals surface area contributed by atoms with Crippen molar-refractivity contribution in [3.63, 3.8) is 0 Å². The molecule has 2 heterocycles. The molecule has 2 fully saturated rings. The van der Waals surface area contributed by atoms with Crippen LogP contribution >= 0.6 is 0 Å². The Morgan fingerprint density at radius 1 is 1.39 bits per heavy atom. The Morgan fingerprint density at radius 2 is 2.00 bits per heavy atom. The number of rotatable bonds is 6. The molecule has 3 atom stereocenters. The van der Waals surface area contributed by atoms with E-state index in [0.29, 0.717) is 18.1 Å². The second-order valence-electron chi connectivity index (χ2n) is 6.35. The first-order valence-corrected chi connectivity index (χ1v) is 7.41. The van der Waals surface area contributed by atoms with E-state index in [0.717, 1.165) is 19.4 Å². The maximum absolute atomic E-state index is 8.91. The molecule has 0 saturated carbocycles. The minimum absolute atomic E-state index is 0.132. The van der Waals surface area contributed by atoms with Gasteiger partial charge in [-0.05, 0) is 52.5 Å². The highest BCUT2D eigenvalue weighted by molar-refractivity contribution is 5.06. The first kappa shape index (κ1) is 14.3. The summed E-state index contributed by atoms with van der Waals surface area (Å²) >= 11 is 0. The molecule has 0 radical (unpaired) electrons. The van der Waals surface area contributed by atoms with Crippen molar-refractivity contribution < 1.29 is 5.11 Å². The largest absolute Gasteiger partial charge is 0.396 e. The van der Waals surface area contributed by atoms with Crippen molar-refractivity contribution in [3.8, 4) is 0 Å². The van der Waals surface area contributed by atoms with Crippen LogP contribution in [-0.4, -0.2) is 53.9 Å². The Morgan fingerprint density at radius 3 is 2.50 bits per heavy atom. The summed E-state index contributed by atoms with van der Waals surface area (Å²) in [7, 11) is 2.26. The summed E-state index contributed by atoms with van der Waals surface area (Å²) in [6, 6.07) is 1.87. The van der Waals surface area contributed by atoms with Gasteiger partial charge in [0.25, 0.3) is 0 Å². The standard InChI is InChI=1S/C14H29N3O/c1-11(4-3-7-18)16-14(10-15)8-12-5-6-13(9-14)17(12)2/h11-13,16,18H,3-10,15H2,1-2H3. The number of nitrogens with one attached hydrogen (secondary N) is 1. The van der Waals surface area contributed by atoms with E-state index in [1.807, 2.05) is 0 Å². The summed E-state index contributed by atoms with van der Waals surface area (Å²) in [5.74, 6) is 0. The summed E-state index contributed by atoms with van der Waals surface area (Å²) < 4.78 is 0. The number of nitrogens with two attached hydrogens (primary N) is 1. The lowest BCUT2D eigenvalue weighted by Gasteiger charge is -2.46. The Labute approximate surface area is 111 Å². The fourth-order valence-electron chi connectivity index (χ4n) is 3.90. The molecule has 106 valence electrons. The number of hydrogen-bond donors (Lipinski definition) is 3. The third-order valence-electron chi connectivity index (χ3n) is 4.98. The Kier molecular flexibility index (Phi) is 4.64. The van der Waals surface area contributed by atoms with E-state index in [-0.39, 0.29) is 12.1 Å². The van der Waals surface area contributed by atoms with E-state index >= 15 is 0 Å². The number of nitrogens with zero attached hydrogens (tertiary/aromatic N) is 1. The van der Waals surface area contributed by atoms with Gasteiger partial charge >= 0.3 is 0 Å². The third-order valence-corrected chi connectivity index (χ3v) is 4.98. The predicted octanol–water partition coefficient (Wildman–Crippen LogP) is 0.691. The van der Waals surface area contributed by atoms with Crippen molar-refractivity contribution in [2.24, 2.45) is 5.73 Å². The second-order valence-corrected chi connectivity index (χ2v) is 6.35. The molecule has 18 heavy (non-hydrogen) atoms. The van der Waals surface area contributed by atoms with Crippen molar-refractivity contribution in [3.05, 3.63) is 0 Å². The summed E-state index contributed by atoms with van der Waals surface area (Å²) in [4.78, 5) is 2.55. The van der Waals surface area contributed by atoms with Crippen LogP contribution in [0.3, 0.4) is 0 Å². The summed E-state index contributed by atoms with van der Waals surface area (Å²) in [5.41, 5.74) is 6.21. The fourth-order valence-corrected chi connectivity index (χ4v) is 3.90. The van der Waals surface area contributed by atoms with Gasteiger partial charge in [0.1, 0.15) is 0 Å². The van der Waals surface area contributed by atoms with Gasteiger partial charge in [-0.3, -0.25) is 0 Å². The summed E-state index contributed by atoms with van der Waals surface area (Å²) in [5, 5.41) is 12.7. The molecule has 2 saturated heterocycles. The average Bonchev–Trinajstić information content (AvgIpc) is 2.60. The highest BCUT2D eigenvalue weighted by Gasteiger charge is 2.46. The molecule has 0 amide bonds. The molecule has 2 aliphatic rings. The lowest BCUT2D eigenvalue weighted by molar-refractivity contribution is 0.0861. The minimum atomic E-state index is 0.132. The first-order valence-electron chi connectivity index (χ1n) is 7.41. The normalized spacial score (nSPS) is 38.0. The molecule has 4 heteroatoms. The maximum Gasteiger partial charge on any atom is 0.0431 e. The maximum atomic E-state index is 8.91. The van der Waals surface area contributed by atoms with Crippen molar-refractivity contribution in [2.45, 2.75) is 69.1 Å². The number of aliphatic hydroxyl groups is 1. The molecule has 2 aliphatic heterocycles. The van der Waals surface area contributed by atoms with Crippen LogP contribution in [0.2, 0.25) is 0 Å². The van der Waals surface area contributed by atoms with Gasteiger partial charge in [-0.1, -0.05) is 0 Å². The second kappa shape index (κ2) is 5.87. The Balaban J connectivity index is 1.95. The van der Waals surface area contributed by atoms with Gasteiger partial charge in [-0.25, -0.2) is 0 Å². The average molecular weight is 255 g/mol. The smallest absolute Gasteiger partial charge is 0.0431 e. The lowest BCUT2D eigenvalue weighted by Crippen LogP contribution is -2.62. The Hall–Kier alpha value is -0.160. The van der Waals surface area contributed by atoms with Crippen molar-refractivity contribution in [1.29, 1.82) is 0 Å². The number of piperidine rings is 1. The molecule has 0 aromatic carbocycles. The van der Waals surface area contributed by atoms with Gasteiger partial charge in [-0.15, -0.1) is 0 Å². The SMILES string of the molecule is CC(CCCO)NC1(CN)CC2CCC(C1)N2C. The van der Waals surface area contributed by atoms with Crippen LogP contribution in [-0.2, 0) is 0 Å². The van der Waals surface area contributed by atoms with E-state index in [4.69, 9.17) is 10.8 Å².